The monoisotopic (exact) mass is 481 g/mol. The van der Waals surface area contributed by atoms with Gasteiger partial charge in [0.1, 0.15) is 17.0 Å². The average molecular weight is 482 g/mol. The molecule has 11 heteroatoms. The number of rotatable bonds is 4. The highest BCUT2D eigenvalue weighted by molar-refractivity contribution is 9.10. The van der Waals surface area contributed by atoms with Crippen LogP contribution in [0, 0.1) is 0 Å². The lowest BCUT2D eigenvalue weighted by atomic mass is 10.1. The van der Waals surface area contributed by atoms with Crippen molar-refractivity contribution in [2.75, 3.05) is 5.32 Å². The van der Waals surface area contributed by atoms with Crippen molar-refractivity contribution in [3.63, 3.8) is 0 Å². The predicted octanol–water partition coefficient (Wildman–Crippen LogP) is 5.04. The Morgan fingerprint density at radius 3 is 2.76 bits per heavy atom. The number of nitrogens with zero attached hydrogens (tertiary/aromatic N) is 3. The van der Waals surface area contributed by atoms with Crippen LogP contribution in [-0.2, 0) is 17.4 Å². The summed E-state index contributed by atoms with van der Waals surface area (Å²) in [6.45, 7) is 0. The third kappa shape index (κ3) is 4.15. The number of hydrogen-bond donors (Lipinski definition) is 2. The van der Waals surface area contributed by atoms with Crippen LogP contribution >= 0.6 is 27.3 Å². The number of aromatic nitrogens is 4. The van der Waals surface area contributed by atoms with Crippen molar-refractivity contribution in [1.82, 2.24) is 20.2 Å². The second-order valence-corrected chi connectivity index (χ2v) is 7.81. The van der Waals surface area contributed by atoms with E-state index in [1.165, 1.54) is 29.8 Å². The molecular weight excluding hydrogens is 471 g/mol. The van der Waals surface area contributed by atoms with E-state index in [1.807, 2.05) is 5.38 Å². The smallest absolute Gasteiger partial charge is 0.327 e. The highest BCUT2D eigenvalue weighted by Crippen LogP contribution is 2.38. The van der Waals surface area contributed by atoms with Gasteiger partial charge in [-0.05, 0) is 33.6 Å². The number of carbonyl (C=O) groups is 1. The number of alkyl halides is 3. The number of anilines is 1. The van der Waals surface area contributed by atoms with E-state index in [4.69, 9.17) is 0 Å². The number of aromatic amines is 1. The van der Waals surface area contributed by atoms with Crippen LogP contribution in [0.4, 0.5) is 18.2 Å². The fourth-order valence-corrected chi connectivity index (χ4v) is 4.40. The van der Waals surface area contributed by atoms with E-state index in [1.54, 1.807) is 12.1 Å². The quantitative estimate of drug-likeness (QED) is 0.427. The Bertz CT molecular complexity index is 1190. The van der Waals surface area contributed by atoms with Crippen molar-refractivity contribution >= 4 is 49.1 Å². The van der Waals surface area contributed by atoms with E-state index >= 15 is 0 Å². The van der Waals surface area contributed by atoms with E-state index in [2.05, 4.69) is 41.4 Å². The Morgan fingerprint density at radius 2 is 2.03 bits per heavy atom. The summed E-state index contributed by atoms with van der Waals surface area (Å²) in [6, 6.07) is 7.13. The molecule has 3 aromatic heterocycles. The maximum absolute atomic E-state index is 12.9. The van der Waals surface area contributed by atoms with Gasteiger partial charge in [0.2, 0.25) is 5.91 Å². The molecule has 3 heterocycles. The molecule has 0 aliphatic rings. The zero-order chi connectivity index (χ0) is 20.6. The molecule has 0 bridgehead atoms. The van der Waals surface area contributed by atoms with Gasteiger partial charge in [-0.1, -0.05) is 18.2 Å². The third-order valence-corrected chi connectivity index (χ3v) is 5.89. The van der Waals surface area contributed by atoms with Gasteiger partial charge in [-0.2, -0.15) is 13.2 Å². The fraction of sp³-hybridized carbons (Fsp3) is 0.111. The summed E-state index contributed by atoms with van der Waals surface area (Å²) in [5.74, 6) is 0.189. The molecule has 0 unspecified atom stereocenters. The highest BCUT2D eigenvalue weighted by atomic mass is 79.9. The first-order valence-electron chi connectivity index (χ1n) is 8.21. The summed E-state index contributed by atoms with van der Waals surface area (Å²) in [7, 11) is 0. The first-order valence-corrected chi connectivity index (χ1v) is 9.88. The lowest BCUT2D eigenvalue weighted by Gasteiger charge is -2.09. The molecule has 6 nitrogen and oxygen atoms in total. The van der Waals surface area contributed by atoms with Gasteiger partial charge in [-0.15, -0.1) is 21.5 Å². The summed E-state index contributed by atoms with van der Waals surface area (Å²) in [6.07, 6.45) is -3.10. The minimum Gasteiger partial charge on any atom is -0.327 e. The molecule has 0 fully saturated rings. The van der Waals surface area contributed by atoms with Gasteiger partial charge in [0.15, 0.2) is 5.82 Å². The van der Waals surface area contributed by atoms with Crippen molar-refractivity contribution in [3.05, 3.63) is 57.8 Å². The third-order valence-electron chi connectivity index (χ3n) is 4.06. The minimum atomic E-state index is -4.52. The van der Waals surface area contributed by atoms with E-state index in [-0.39, 0.29) is 17.8 Å². The van der Waals surface area contributed by atoms with Crippen molar-refractivity contribution in [3.8, 4) is 11.4 Å². The van der Waals surface area contributed by atoms with Gasteiger partial charge in [0, 0.05) is 15.2 Å². The standard InChI is InChI=1S/C18H11BrF3N5OS/c19-11-7-29-17(15(11)16-23-8-24-27-16)26-14(28)6-9-1-2-10-3-4-13(18(20,21)22)25-12(10)5-9/h1-5,7-8H,6H2,(H,26,28)(H,23,24,27). The van der Waals surface area contributed by atoms with Gasteiger partial charge < -0.3 is 10.3 Å². The summed E-state index contributed by atoms with van der Waals surface area (Å²) in [5.41, 5.74) is 0.451. The summed E-state index contributed by atoms with van der Waals surface area (Å²) >= 11 is 4.73. The molecular formula is C18H11BrF3N5OS. The van der Waals surface area contributed by atoms with Crippen LogP contribution in [0.1, 0.15) is 11.3 Å². The maximum Gasteiger partial charge on any atom is 0.433 e. The number of benzene rings is 1. The van der Waals surface area contributed by atoms with Crippen LogP contribution in [0.2, 0.25) is 0 Å². The van der Waals surface area contributed by atoms with Crippen LogP contribution in [0.3, 0.4) is 0 Å². The zero-order valence-electron chi connectivity index (χ0n) is 14.4. The molecule has 0 spiro atoms. The number of amides is 1. The maximum atomic E-state index is 12.9. The Balaban J connectivity index is 1.55. The second kappa shape index (κ2) is 7.56. The van der Waals surface area contributed by atoms with Crippen LogP contribution in [0.25, 0.3) is 22.3 Å². The second-order valence-electron chi connectivity index (χ2n) is 6.07. The molecule has 148 valence electrons. The largest absolute Gasteiger partial charge is 0.433 e. The van der Waals surface area contributed by atoms with Gasteiger partial charge in [-0.3, -0.25) is 4.79 Å². The molecule has 29 heavy (non-hydrogen) atoms. The lowest BCUT2D eigenvalue weighted by molar-refractivity contribution is -0.141. The van der Waals surface area contributed by atoms with Crippen molar-refractivity contribution < 1.29 is 18.0 Å². The first kappa shape index (κ1) is 19.5. The molecule has 0 saturated carbocycles. The van der Waals surface area contributed by atoms with Gasteiger partial charge >= 0.3 is 6.18 Å². The number of fused-ring (bicyclic) bond motifs is 1. The highest BCUT2D eigenvalue weighted by Gasteiger charge is 2.32. The van der Waals surface area contributed by atoms with Gasteiger partial charge in [0.05, 0.1) is 17.5 Å². The fourth-order valence-electron chi connectivity index (χ4n) is 2.76. The summed E-state index contributed by atoms with van der Waals surface area (Å²) in [4.78, 5) is 19.1. The number of hydrogen-bond acceptors (Lipinski definition) is 5. The Labute approximate surface area is 174 Å². The Morgan fingerprint density at radius 1 is 1.24 bits per heavy atom. The molecule has 0 aliphatic heterocycles. The topological polar surface area (TPSA) is 83.6 Å². The predicted molar refractivity (Wildman–Crippen MR) is 106 cm³/mol. The number of carbonyl (C=O) groups excluding carboxylic acids is 1. The molecule has 0 atom stereocenters. The van der Waals surface area contributed by atoms with E-state index in [0.717, 1.165) is 10.5 Å². The Kier molecular flexibility index (Phi) is 5.09. The van der Waals surface area contributed by atoms with Crippen LogP contribution in [0.15, 0.2) is 46.5 Å². The molecule has 0 radical (unpaired) electrons. The van der Waals surface area contributed by atoms with E-state index < -0.39 is 11.9 Å². The van der Waals surface area contributed by atoms with E-state index in [9.17, 15) is 18.0 Å². The van der Waals surface area contributed by atoms with E-state index in [0.29, 0.717) is 27.3 Å². The Hall–Kier alpha value is -2.79. The van der Waals surface area contributed by atoms with Crippen LogP contribution in [-0.4, -0.2) is 26.1 Å². The number of thiophene rings is 1. The normalized spacial score (nSPS) is 11.7. The molecule has 1 aromatic carbocycles. The van der Waals surface area contributed by atoms with Gasteiger partial charge in [-0.25, -0.2) is 4.98 Å². The molecule has 1 amide bonds. The molecule has 0 aliphatic carbocycles. The molecule has 4 aromatic rings. The average Bonchev–Trinajstić information content (AvgIpc) is 3.30. The number of pyridine rings is 1. The molecule has 0 saturated heterocycles. The molecule has 2 N–H and O–H groups in total. The lowest BCUT2D eigenvalue weighted by Crippen LogP contribution is -2.14. The summed E-state index contributed by atoms with van der Waals surface area (Å²) in [5, 5.41) is 13.5. The van der Waals surface area contributed by atoms with Crippen molar-refractivity contribution in [1.29, 1.82) is 0 Å². The summed E-state index contributed by atoms with van der Waals surface area (Å²) < 4.78 is 39.4. The van der Waals surface area contributed by atoms with Crippen molar-refractivity contribution in [2.24, 2.45) is 0 Å². The minimum absolute atomic E-state index is 0.0147. The zero-order valence-corrected chi connectivity index (χ0v) is 16.8. The number of H-pyrrole nitrogens is 1. The van der Waals surface area contributed by atoms with Gasteiger partial charge in [0.25, 0.3) is 0 Å². The number of halogens is 4. The molecule has 4 rings (SSSR count). The number of nitrogens with one attached hydrogen (secondary N) is 2. The van der Waals surface area contributed by atoms with Crippen LogP contribution in [0.5, 0.6) is 0 Å². The van der Waals surface area contributed by atoms with Crippen LogP contribution < -0.4 is 5.32 Å². The first-order chi connectivity index (χ1) is 13.8. The SMILES string of the molecule is O=C(Cc1ccc2ccc(C(F)(F)F)nc2c1)Nc1scc(Br)c1-c1nnc[nH]1. The van der Waals surface area contributed by atoms with Crippen molar-refractivity contribution in [2.45, 2.75) is 12.6 Å².